The second-order valence-electron chi connectivity index (χ2n) is 5.58. The monoisotopic (exact) mass is 325 g/mol. The molecule has 122 valence electrons. The number of nitrogens with one attached hydrogen (secondary N) is 2. The van der Waals surface area contributed by atoms with E-state index in [9.17, 15) is 13.2 Å². The van der Waals surface area contributed by atoms with Gasteiger partial charge in [-0.05, 0) is 31.0 Å². The Balaban J connectivity index is 1.90. The zero-order chi connectivity index (χ0) is 16.2. The quantitative estimate of drug-likeness (QED) is 0.842. The van der Waals surface area contributed by atoms with Crippen molar-refractivity contribution in [2.75, 3.05) is 37.2 Å². The lowest BCUT2D eigenvalue weighted by atomic mass is 10.1. The summed E-state index contributed by atoms with van der Waals surface area (Å²) in [6.07, 6.45) is -0.0281. The van der Waals surface area contributed by atoms with Crippen LogP contribution in [-0.2, 0) is 14.8 Å². The van der Waals surface area contributed by atoms with Gasteiger partial charge in [0.25, 0.3) is 0 Å². The number of benzene rings is 1. The summed E-state index contributed by atoms with van der Waals surface area (Å²) in [5.41, 5.74) is 2.75. The Hall–Kier alpha value is -1.44. The maximum atomic E-state index is 12.2. The number of hydrogen-bond acceptors (Lipinski definition) is 4. The number of hydrogen-bond donors (Lipinski definition) is 2. The molecule has 2 rings (SSSR count). The Kier molecular flexibility index (Phi) is 5.55. The predicted octanol–water partition coefficient (Wildman–Crippen LogP) is 0.867. The van der Waals surface area contributed by atoms with Gasteiger partial charge in [-0.25, -0.2) is 8.42 Å². The van der Waals surface area contributed by atoms with E-state index in [1.54, 1.807) is 0 Å². The zero-order valence-corrected chi connectivity index (χ0v) is 13.9. The van der Waals surface area contributed by atoms with Crippen molar-refractivity contribution in [3.8, 4) is 0 Å². The Morgan fingerprint density at radius 2 is 1.95 bits per heavy atom. The summed E-state index contributed by atoms with van der Waals surface area (Å²) in [6.45, 7) is 6.13. The van der Waals surface area contributed by atoms with Gasteiger partial charge in [0.15, 0.2) is 0 Å². The highest BCUT2D eigenvalue weighted by atomic mass is 32.2. The number of carbonyl (C=O) groups excluding carboxylic acids is 1. The van der Waals surface area contributed by atoms with E-state index in [2.05, 4.69) is 10.6 Å². The summed E-state index contributed by atoms with van der Waals surface area (Å²) in [7, 11) is -3.36. The van der Waals surface area contributed by atoms with Crippen LogP contribution in [0.2, 0.25) is 0 Å². The van der Waals surface area contributed by atoms with Crippen LogP contribution in [0.3, 0.4) is 0 Å². The minimum Gasteiger partial charge on any atom is -0.326 e. The molecule has 1 heterocycles. The first kappa shape index (κ1) is 16.9. The molecule has 22 heavy (non-hydrogen) atoms. The lowest BCUT2D eigenvalue weighted by Crippen LogP contribution is -2.47. The van der Waals surface area contributed by atoms with Crippen LogP contribution < -0.4 is 10.6 Å². The molecule has 0 aliphatic carbocycles. The molecule has 0 aromatic heterocycles. The molecule has 1 aromatic carbocycles. The molecule has 2 N–H and O–H groups in total. The molecule has 0 atom stereocenters. The highest BCUT2D eigenvalue weighted by Gasteiger charge is 2.24. The summed E-state index contributed by atoms with van der Waals surface area (Å²) in [4.78, 5) is 12.0. The smallest absolute Gasteiger partial charge is 0.225 e. The first-order valence-corrected chi connectivity index (χ1v) is 9.05. The predicted molar refractivity (Wildman–Crippen MR) is 87.4 cm³/mol. The van der Waals surface area contributed by atoms with Crippen molar-refractivity contribution < 1.29 is 13.2 Å². The first-order chi connectivity index (χ1) is 10.4. The van der Waals surface area contributed by atoms with Crippen LogP contribution in [-0.4, -0.2) is 50.6 Å². The number of amides is 1. The second kappa shape index (κ2) is 7.21. The Morgan fingerprint density at radius 3 is 2.64 bits per heavy atom. The largest absolute Gasteiger partial charge is 0.326 e. The van der Waals surface area contributed by atoms with Crippen molar-refractivity contribution in [2.24, 2.45) is 0 Å². The van der Waals surface area contributed by atoms with E-state index in [-0.39, 0.29) is 18.1 Å². The van der Waals surface area contributed by atoms with Crippen molar-refractivity contribution in [3.63, 3.8) is 0 Å². The fourth-order valence-corrected chi connectivity index (χ4v) is 3.80. The van der Waals surface area contributed by atoms with Gasteiger partial charge in [0, 0.05) is 38.3 Å². The van der Waals surface area contributed by atoms with Crippen LogP contribution in [0.15, 0.2) is 18.2 Å². The summed E-state index contributed by atoms with van der Waals surface area (Å²) in [5.74, 6) is -0.420. The molecular weight excluding hydrogens is 302 g/mol. The van der Waals surface area contributed by atoms with Gasteiger partial charge in [-0.3, -0.25) is 4.79 Å². The van der Waals surface area contributed by atoms with E-state index in [1.165, 1.54) is 4.31 Å². The minimum atomic E-state index is -3.36. The maximum absolute atomic E-state index is 12.2. The fourth-order valence-electron chi connectivity index (χ4n) is 2.36. The highest BCUT2D eigenvalue weighted by molar-refractivity contribution is 7.89. The number of sulfonamides is 1. The third kappa shape index (κ3) is 4.53. The van der Waals surface area contributed by atoms with Gasteiger partial charge in [0.05, 0.1) is 5.75 Å². The SMILES string of the molecule is Cc1ccc(C)c(NC(=O)CCS(=O)(=O)N2CCNCC2)c1. The average Bonchev–Trinajstić information content (AvgIpc) is 2.50. The number of nitrogens with zero attached hydrogens (tertiary/aromatic N) is 1. The van der Waals surface area contributed by atoms with Crippen LogP contribution in [0.25, 0.3) is 0 Å². The molecule has 1 saturated heterocycles. The maximum Gasteiger partial charge on any atom is 0.225 e. The standard InChI is InChI=1S/C15H23N3O3S/c1-12-3-4-13(2)14(11-12)17-15(19)5-10-22(20,21)18-8-6-16-7-9-18/h3-4,11,16H,5-10H2,1-2H3,(H,17,19). The fraction of sp³-hybridized carbons (Fsp3) is 0.533. The number of rotatable bonds is 5. The minimum absolute atomic E-state index is 0.0281. The molecule has 1 aromatic rings. The molecule has 1 aliphatic rings. The van der Waals surface area contributed by atoms with Gasteiger partial charge in [-0.15, -0.1) is 0 Å². The summed E-state index contributed by atoms with van der Waals surface area (Å²) in [5, 5.41) is 5.90. The number of piperazine rings is 1. The van der Waals surface area contributed by atoms with Gasteiger partial charge in [-0.2, -0.15) is 4.31 Å². The van der Waals surface area contributed by atoms with Gasteiger partial charge in [-0.1, -0.05) is 12.1 Å². The van der Waals surface area contributed by atoms with Crippen molar-refractivity contribution in [1.82, 2.24) is 9.62 Å². The van der Waals surface area contributed by atoms with Crippen molar-refractivity contribution in [2.45, 2.75) is 20.3 Å². The van der Waals surface area contributed by atoms with Crippen LogP contribution in [0, 0.1) is 13.8 Å². The van der Waals surface area contributed by atoms with Crippen LogP contribution in [0.5, 0.6) is 0 Å². The summed E-state index contributed by atoms with van der Waals surface area (Å²) < 4.78 is 25.8. The third-order valence-corrected chi connectivity index (χ3v) is 5.60. The second-order valence-corrected chi connectivity index (χ2v) is 7.67. The Bertz CT molecular complexity index is 637. The molecule has 0 spiro atoms. The summed E-state index contributed by atoms with van der Waals surface area (Å²) in [6, 6.07) is 5.79. The Labute approximate surface area is 131 Å². The van der Waals surface area contributed by atoms with E-state index < -0.39 is 10.0 Å². The number of anilines is 1. The first-order valence-electron chi connectivity index (χ1n) is 7.44. The number of aryl methyl sites for hydroxylation is 2. The molecule has 1 amide bonds. The van der Waals surface area contributed by atoms with Gasteiger partial charge in [0.1, 0.15) is 0 Å². The van der Waals surface area contributed by atoms with E-state index in [4.69, 9.17) is 0 Å². The molecule has 1 fully saturated rings. The molecule has 6 nitrogen and oxygen atoms in total. The lowest BCUT2D eigenvalue weighted by molar-refractivity contribution is -0.115. The van der Waals surface area contributed by atoms with E-state index >= 15 is 0 Å². The average molecular weight is 325 g/mol. The van der Waals surface area contributed by atoms with Crippen molar-refractivity contribution >= 4 is 21.6 Å². The Morgan fingerprint density at radius 1 is 1.27 bits per heavy atom. The molecular formula is C15H23N3O3S. The summed E-state index contributed by atoms with van der Waals surface area (Å²) >= 11 is 0. The number of carbonyl (C=O) groups is 1. The topological polar surface area (TPSA) is 78.5 Å². The van der Waals surface area contributed by atoms with E-state index in [0.29, 0.717) is 26.2 Å². The van der Waals surface area contributed by atoms with Crippen LogP contribution in [0.4, 0.5) is 5.69 Å². The van der Waals surface area contributed by atoms with E-state index in [1.807, 2.05) is 32.0 Å². The molecule has 0 radical (unpaired) electrons. The highest BCUT2D eigenvalue weighted by Crippen LogP contribution is 2.16. The molecule has 7 heteroatoms. The van der Waals surface area contributed by atoms with Gasteiger partial charge in [0.2, 0.25) is 15.9 Å². The van der Waals surface area contributed by atoms with Crippen LogP contribution in [0.1, 0.15) is 17.5 Å². The van der Waals surface area contributed by atoms with E-state index in [0.717, 1.165) is 16.8 Å². The molecule has 0 bridgehead atoms. The lowest BCUT2D eigenvalue weighted by Gasteiger charge is -2.26. The molecule has 0 saturated carbocycles. The van der Waals surface area contributed by atoms with Crippen molar-refractivity contribution in [3.05, 3.63) is 29.3 Å². The third-order valence-electron chi connectivity index (χ3n) is 3.72. The molecule has 1 aliphatic heterocycles. The zero-order valence-electron chi connectivity index (χ0n) is 13.1. The normalized spacial score (nSPS) is 16.5. The van der Waals surface area contributed by atoms with Gasteiger partial charge < -0.3 is 10.6 Å². The van der Waals surface area contributed by atoms with Crippen LogP contribution >= 0.6 is 0 Å². The van der Waals surface area contributed by atoms with Crippen molar-refractivity contribution in [1.29, 1.82) is 0 Å². The van der Waals surface area contributed by atoms with Gasteiger partial charge >= 0.3 is 0 Å². The molecule has 0 unspecified atom stereocenters.